The molecule has 0 radical (unpaired) electrons. The molecule has 0 saturated heterocycles. The monoisotopic (exact) mass is 531 g/mol. The zero-order valence-electron chi connectivity index (χ0n) is 20.8. The summed E-state index contributed by atoms with van der Waals surface area (Å²) in [5, 5.41) is 13.0. The zero-order chi connectivity index (χ0) is 27.3. The molecule has 0 amide bonds. The molecule has 2 aliphatic carbocycles. The van der Waals surface area contributed by atoms with E-state index in [2.05, 4.69) is 5.32 Å². The van der Waals surface area contributed by atoms with Gasteiger partial charge in [0, 0.05) is 12.1 Å². The first-order valence-electron chi connectivity index (χ1n) is 12.4. The molecule has 10 heteroatoms. The van der Waals surface area contributed by atoms with Crippen molar-refractivity contribution in [3.63, 3.8) is 0 Å². The predicted molar refractivity (Wildman–Crippen MR) is 126 cm³/mol. The van der Waals surface area contributed by atoms with Gasteiger partial charge in [0.05, 0.1) is 17.9 Å². The molecule has 204 valence electrons. The van der Waals surface area contributed by atoms with Gasteiger partial charge in [-0.2, -0.15) is 26.3 Å². The van der Waals surface area contributed by atoms with Crippen LogP contribution in [0, 0.1) is 17.3 Å². The van der Waals surface area contributed by atoms with Crippen molar-refractivity contribution < 1.29 is 41.0 Å². The van der Waals surface area contributed by atoms with Crippen molar-refractivity contribution in [2.24, 2.45) is 17.3 Å². The van der Waals surface area contributed by atoms with Crippen molar-refractivity contribution in [1.29, 1.82) is 0 Å². The Kier molecular flexibility index (Phi) is 7.20. The van der Waals surface area contributed by atoms with E-state index in [0.29, 0.717) is 17.4 Å². The highest BCUT2D eigenvalue weighted by Gasteiger charge is 2.52. The summed E-state index contributed by atoms with van der Waals surface area (Å²) in [6.07, 6.45) is -9.60. The summed E-state index contributed by atoms with van der Waals surface area (Å²) in [7, 11) is 0. The fourth-order valence-corrected chi connectivity index (χ4v) is 5.69. The smallest absolute Gasteiger partial charge is 0.420 e. The third-order valence-electron chi connectivity index (χ3n) is 8.24. The lowest BCUT2D eigenvalue weighted by atomic mass is 9.58. The van der Waals surface area contributed by atoms with Crippen LogP contribution in [0.2, 0.25) is 0 Å². The van der Waals surface area contributed by atoms with E-state index in [1.807, 2.05) is 20.8 Å². The van der Waals surface area contributed by atoms with E-state index in [1.165, 1.54) is 18.2 Å². The molecule has 4 nitrogen and oxygen atoms in total. The number of nitrogens with one attached hydrogen (secondary N) is 1. The van der Waals surface area contributed by atoms with E-state index in [1.54, 1.807) is 12.1 Å². The topological polar surface area (TPSA) is 58.6 Å². The third-order valence-corrected chi connectivity index (χ3v) is 8.24. The number of carbonyl (C=O) groups is 1. The zero-order valence-corrected chi connectivity index (χ0v) is 20.8. The Balaban J connectivity index is 1.58. The number of halogens is 6. The molecule has 2 aromatic rings. The van der Waals surface area contributed by atoms with Crippen LogP contribution in [0.25, 0.3) is 10.8 Å². The number of aliphatic carboxylic acids is 1. The molecule has 2 aliphatic rings. The molecular formula is C27H31F6NO3. The fraction of sp³-hybridized carbons (Fsp3) is 0.593. The van der Waals surface area contributed by atoms with Gasteiger partial charge in [-0.25, -0.2) is 0 Å². The van der Waals surface area contributed by atoms with Crippen molar-refractivity contribution >= 4 is 16.7 Å². The van der Waals surface area contributed by atoms with Gasteiger partial charge in [-0.3, -0.25) is 4.79 Å². The van der Waals surface area contributed by atoms with E-state index in [9.17, 15) is 36.2 Å². The van der Waals surface area contributed by atoms with Gasteiger partial charge in [0.2, 0.25) is 0 Å². The van der Waals surface area contributed by atoms with Crippen LogP contribution in [0.4, 0.5) is 26.3 Å². The number of fused-ring (bicyclic) bond motifs is 1. The maximum atomic E-state index is 14.3. The molecule has 2 fully saturated rings. The second-order valence-corrected chi connectivity index (χ2v) is 10.9. The van der Waals surface area contributed by atoms with Crippen molar-refractivity contribution in [3.8, 4) is 5.75 Å². The molecule has 2 N–H and O–H groups in total. The molecule has 2 unspecified atom stereocenters. The van der Waals surface area contributed by atoms with Crippen LogP contribution in [0.1, 0.15) is 70.0 Å². The van der Waals surface area contributed by atoms with E-state index in [-0.39, 0.29) is 48.9 Å². The van der Waals surface area contributed by atoms with Crippen LogP contribution in [-0.4, -0.2) is 29.4 Å². The molecule has 0 heterocycles. The minimum atomic E-state index is -4.74. The highest BCUT2D eigenvalue weighted by Crippen LogP contribution is 2.48. The van der Waals surface area contributed by atoms with Crippen LogP contribution >= 0.6 is 0 Å². The Morgan fingerprint density at radius 2 is 1.68 bits per heavy atom. The minimum absolute atomic E-state index is 0.0367. The average Bonchev–Trinajstić information content (AvgIpc) is 2.79. The molecule has 2 aromatic carbocycles. The number of benzene rings is 2. The largest absolute Gasteiger partial charge is 0.490 e. The highest BCUT2D eigenvalue weighted by atomic mass is 19.4. The summed E-state index contributed by atoms with van der Waals surface area (Å²) < 4.78 is 87.4. The maximum absolute atomic E-state index is 14.3. The summed E-state index contributed by atoms with van der Waals surface area (Å²) >= 11 is 0. The molecule has 2 saturated carbocycles. The normalized spacial score (nSPS) is 26.9. The van der Waals surface area contributed by atoms with Crippen LogP contribution in [-0.2, 0) is 11.0 Å². The first-order valence-corrected chi connectivity index (χ1v) is 12.4. The number of rotatable bonds is 6. The van der Waals surface area contributed by atoms with Gasteiger partial charge in [0.25, 0.3) is 0 Å². The van der Waals surface area contributed by atoms with Gasteiger partial charge in [-0.05, 0) is 72.9 Å². The minimum Gasteiger partial charge on any atom is -0.490 e. The van der Waals surface area contributed by atoms with E-state index in [4.69, 9.17) is 4.74 Å². The summed E-state index contributed by atoms with van der Waals surface area (Å²) in [5.41, 5.74) is -0.831. The van der Waals surface area contributed by atoms with Crippen molar-refractivity contribution in [3.05, 3.63) is 41.5 Å². The van der Waals surface area contributed by atoms with Gasteiger partial charge in [0.1, 0.15) is 11.3 Å². The Morgan fingerprint density at radius 3 is 2.22 bits per heavy atom. The Morgan fingerprint density at radius 1 is 1.05 bits per heavy atom. The Labute approximate surface area is 211 Å². The Bertz CT molecular complexity index is 1150. The average molecular weight is 532 g/mol. The van der Waals surface area contributed by atoms with Crippen LogP contribution < -0.4 is 10.1 Å². The van der Waals surface area contributed by atoms with Crippen molar-refractivity contribution in [2.75, 3.05) is 0 Å². The van der Waals surface area contributed by atoms with Gasteiger partial charge < -0.3 is 15.2 Å². The second kappa shape index (κ2) is 9.67. The summed E-state index contributed by atoms with van der Waals surface area (Å²) in [5.74, 6) is -3.18. The molecule has 0 aliphatic heterocycles. The highest BCUT2D eigenvalue weighted by molar-refractivity contribution is 5.89. The quantitative estimate of drug-likeness (QED) is 0.379. The molecule has 0 spiro atoms. The van der Waals surface area contributed by atoms with Crippen molar-refractivity contribution in [1.82, 2.24) is 5.32 Å². The van der Waals surface area contributed by atoms with Crippen LogP contribution in [0.3, 0.4) is 0 Å². The summed E-state index contributed by atoms with van der Waals surface area (Å²) in [6, 6.07) is 7.11. The maximum Gasteiger partial charge on any atom is 0.420 e. The number of carboxylic acid groups (broad SMARTS) is 1. The van der Waals surface area contributed by atoms with Gasteiger partial charge in [0.15, 0.2) is 0 Å². The number of carboxylic acids is 1. The molecule has 37 heavy (non-hydrogen) atoms. The standard InChI is InChI=1S/C27H31F6NO3/c1-14(34-22-13-20(24(35)36)25(22,2)3)16-5-4-15-6-11-21(23(19(15)12-16)27(31,32)33)37-18-9-7-17(8-10-18)26(28,29)30/h4-6,11-12,14,17-18,20,22,34H,7-10,13H2,1-3H3,(H,35,36)/t14?,17?,18?,20?,22-/m0/s1. The van der Waals surface area contributed by atoms with Gasteiger partial charge in [-0.15, -0.1) is 0 Å². The SMILES string of the molecule is CC(N[C@H]1CC(C(=O)O)C1(C)C)c1ccc2ccc(OC3CCC(C(F)(F)F)CC3)c(C(F)(F)F)c2c1. The first-order chi connectivity index (χ1) is 17.1. The second-order valence-electron chi connectivity index (χ2n) is 10.9. The molecule has 4 rings (SSSR count). The lowest BCUT2D eigenvalue weighted by Gasteiger charge is -2.51. The number of hydrogen-bond acceptors (Lipinski definition) is 3. The molecular weight excluding hydrogens is 500 g/mol. The summed E-state index contributed by atoms with van der Waals surface area (Å²) in [4.78, 5) is 11.4. The molecule has 3 atom stereocenters. The first kappa shape index (κ1) is 27.5. The number of alkyl halides is 6. The van der Waals surface area contributed by atoms with E-state index < -0.39 is 47.2 Å². The van der Waals surface area contributed by atoms with Crippen molar-refractivity contribution in [2.45, 2.75) is 83.4 Å². The third kappa shape index (κ3) is 5.54. The Hall–Kier alpha value is -2.49. The van der Waals surface area contributed by atoms with E-state index >= 15 is 0 Å². The molecule has 0 aromatic heterocycles. The lowest BCUT2D eigenvalue weighted by molar-refractivity contribution is -0.185. The molecule has 0 bridgehead atoms. The lowest BCUT2D eigenvalue weighted by Crippen LogP contribution is -2.59. The van der Waals surface area contributed by atoms with E-state index in [0.717, 1.165) is 0 Å². The number of hydrogen-bond donors (Lipinski definition) is 2. The fourth-order valence-electron chi connectivity index (χ4n) is 5.69. The van der Waals surface area contributed by atoms with Crippen LogP contribution in [0.15, 0.2) is 30.3 Å². The summed E-state index contributed by atoms with van der Waals surface area (Å²) in [6.45, 7) is 5.53. The predicted octanol–water partition coefficient (Wildman–Crippen LogP) is 7.51. The number of ether oxygens (including phenoxy) is 1. The van der Waals surface area contributed by atoms with Gasteiger partial charge >= 0.3 is 18.3 Å². The van der Waals surface area contributed by atoms with Gasteiger partial charge in [-0.1, -0.05) is 32.0 Å². The van der Waals surface area contributed by atoms with Crippen LogP contribution in [0.5, 0.6) is 5.75 Å².